The Kier molecular flexibility index (Phi) is 4.74. The Morgan fingerprint density at radius 3 is 2.92 bits per heavy atom. The third kappa shape index (κ3) is 3.05. The monoisotopic (exact) mass is 348 g/mol. The van der Waals surface area contributed by atoms with Crippen LogP contribution in [0.25, 0.3) is 10.8 Å². The molecule has 0 aliphatic carbocycles. The summed E-state index contributed by atoms with van der Waals surface area (Å²) in [6.07, 6.45) is 0.311. The summed E-state index contributed by atoms with van der Waals surface area (Å²) >= 11 is 6.30. The van der Waals surface area contributed by atoms with E-state index in [9.17, 15) is 0 Å². The van der Waals surface area contributed by atoms with Gasteiger partial charge in [-0.2, -0.15) is 0 Å². The topological polar surface area (TPSA) is 36.9 Å². The molecular formula is C19H21ClO4. The van der Waals surface area contributed by atoms with Crippen LogP contribution in [0.4, 0.5) is 0 Å². The predicted octanol–water partition coefficient (Wildman–Crippen LogP) is 3.93. The molecule has 2 aliphatic rings. The van der Waals surface area contributed by atoms with E-state index in [-0.39, 0.29) is 24.6 Å². The van der Waals surface area contributed by atoms with Crippen molar-refractivity contribution in [1.82, 2.24) is 0 Å². The van der Waals surface area contributed by atoms with Crippen LogP contribution in [-0.2, 0) is 25.6 Å². The summed E-state index contributed by atoms with van der Waals surface area (Å²) in [4.78, 5) is 0. The standard InChI is InChI=1S/C19H21ClO4/c1-2-16-17(18-19(24-16)22-9-8-21-18)23-11-12-6-7-13-4-3-5-15(20)14(13)10-12/h3-7,10,16-19H,2,8-9,11H2,1H3/t16-,17+,18-,19+/m1/s1. The van der Waals surface area contributed by atoms with Crippen LogP contribution >= 0.6 is 11.6 Å². The average Bonchev–Trinajstić information content (AvgIpc) is 2.98. The third-order valence-corrected chi connectivity index (χ3v) is 5.01. The first-order valence-electron chi connectivity index (χ1n) is 8.43. The van der Waals surface area contributed by atoms with Gasteiger partial charge in [0.05, 0.1) is 25.9 Å². The molecule has 0 saturated carbocycles. The molecule has 0 N–H and O–H groups in total. The number of rotatable bonds is 4. The number of hydrogen-bond acceptors (Lipinski definition) is 4. The molecule has 2 heterocycles. The highest BCUT2D eigenvalue weighted by molar-refractivity contribution is 6.35. The number of halogens is 1. The molecule has 0 unspecified atom stereocenters. The molecule has 24 heavy (non-hydrogen) atoms. The van der Waals surface area contributed by atoms with Crippen LogP contribution in [0.15, 0.2) is 36.4 Å². The van der Waals surface area contributed by atoms with Crippen molar-refractivity contribution in [3.63, 3.8) is 0 Å². The molecule has 0 radical (unpaired) electrons. The van der Waals surface area contributed by atoms with Crippen LogP contribution in [0.5, 0.6) is 0 Å². The normalized spacial score (nSPS) is 29.8. The minimum Gasteiger partial charge on any atom is -0.368 e. The lowest BCUT2D eigenvalue weighted by molar-refractivity contribution is -0.222. The number of benzene rings is 2. The third-order valence-electron chi connectivity index (χ3n) is 4.68. The summed E-state index contributed by atoms with van der Waals surface area (Å²) in [6.45, 7) is 3.76. The maximum atomic E-state index is 6.30. The van der Waals surface area contributed by atoms with Crippen LogP contribution in [0, 0.1) is 0 Å². The van der Waals surface area contributed by atoms with Crippen molar-refractivity contribution in [3.05, 3.63) is 47.0 Å². The second-order valence-corrected chi connectivity index (χ2v) is 6.64. The number of hydrogen-bond donors (Lipinski definition) is 0. The fraction of sp³-hybridized carbons (Fsp3) is 0.474. The van der Waals surface area contributed by atoms with Gasteiger partial charge in [0, 0.05) is 10.4 Å². The first-order valence-corrected chi connectivity index (χ1v) is 8.81. The lowest BCUT2D eigenvalue weighted by Gasteiger charge is -2.28. The molecule has 2 aromatic carbocycles. The van der Waals surface area contributed by atoms with Gasteiger partial charge in [0.1, 0.15) is 12.2 Å². The van der Waals surface area contributed by atoms with E-state index in [1.54, 1.807) is 0 Å². The highest BCUT2D eigenvalue weighted by atomic mass is 35.5. The largest absolute Gasteiger partial charge is 0.368 e. The SMILES string of the molecule is CC[C@H]1O[C@@H]2OCCO[C@@H]2[C@H]1OCc1ccc2cccc(Cl)c2c1. The van der Waals surface area contributed by atoms with Crippen molar-refractivity contribution in [1.29, 1.82) is 0 Å². The maximum Gasteiger partial charge on any atom is 0.186 e. The minimum absolute atomic E-state index is 0.00199. The van der Waals surface area contributed by atoms with E-state index in [2.05, 4.69) is 31.2 Å². The van der Waals surface area contributed by atoms with E-state index in [0.29, 0.717) is 19.8 Å². The number of ether oxygens (including phenoxy) is 4. The highest BCUT2D eigenvalue weighted by Gasteiger charge is 2.47. The van der Waals surface area contributed by atoms with Gasteiger partial charge >= 0.3 is 0 Å². The van der Waals surface area contributed by atoms with Gasteiger partial charge in [-0.05, 0) is 29.5 Å². The zero-order chi connectivity index (χ0) is 16.5. The second-order valence-electron chi connectivity index (χ2n) is 6.23. The Hall–Kier alpha value is -1.17. The van der Waals surface area contributed by atoms with Gasteiger partial charge in [-0.15, -0.1) is 0 Å². The first-order chi connectivity index (χ1) is 11.8. The summed E-state index contributed by atoms with van der Waals surface area (Å²) in [7, 11) is 0. The molecule has 2 saturated heterocycles. The predicted molar refractivity (Wildman–Crippen MR) is 92.2 cm³/mol. The molecule has 4 nitrogen and oxygen atoms in total. The van der Waals surface area contributed by atoms with Crippen LogP contribution < -0.4 is 0 Å². The maximum absolute atomic E-state index is 6.30. The fourth-order valence-corrected chi connectivity index (χ4v) is 3.68. The van der Waals surface area contributed by atoms with Gasteiger partial charge in [0.2, 0.25) is 0 Å². The molecule has 0 bridgehead atoms. The van der Waals surface area contributed by atoms with E-state index in [0.717, 1.165) is 27.8 Å². The molecule has 2 fully saturated rings. The fourth-order valence-electron chi connectivity index (χ4n) is 3.44. The quantitative estimate of drug-likeness (QED) is 0.839. The second kappa shape index (κ2) is 6.98. The van der Waals surface area contributed by atoms with E-state index >= 15 is 0 Å². The molecule has 0 spiro atoms. The molecule has 4 rings (SSSR count). The van der Waals surface area contributed by atoms with Crippen molar-refractivity contribution in [2.75, 3.05) is 13.2 Å². The van der Waals surface area contributed by atoms with Crippen LogP contribution in [0.3, 0.4) is 0 Å². The first kappa shape index (κ1) is 16.3. The zero-order valence-electron chi connectivity index (χ0n) is 13.6. The van der Waals surface area contributed by atoms with E-state index in [4.69, 9.17) is 30.5 Å². The number of fused-ring (bicyclic) bond motifs is 2. The Balaban J connectivity index is 1.50. The summed E-state index contributed by atoms with van der Waals surface area (Å²) in [5.74, 6) is 0. The summed E-state index contributed by atoms with van der Waals surface area (Å²) in [5, 5.41) is 2.94. The average molecular weight is 349 g/mol. The lowest BCUT2D eigenvalue weighted by Crippen LogP contribution is -2.42. The van der Waals surface area contributed by atoms with Crippen molar-refractivity contribution >= 4 is 22.4 Å². The van der Waals surface area contributed by atoms with Crippen LogP contribution in [0.1, 0.15) is 18.9 Å². The summed E-state index contributed by atoms with van der Waals surface area (Å²) in [6, 6.07) is 12.2. The van der Waals surface area contributed by atoms with Gasteiger partial charge in [0.15, 0.2) is 6.29 Å². The van der Waals surface area contributed by atoms with Gasteiger partial charge < -0.3 is 18.9 Å². The smallest absolute Gasteiger partial charge is 0.186 e. The molecule has 0 aromatic heterocycles. The molecule has 4 atom stereocenters. The molecule has 2 aliphatic heterocycles. The van der Waals surface area contributed by atoms with Gasteiger partial charge in [-0.1, -0.05) is 42.8 Å². The van der Waals surface area contributed by atoms with E-state index in [1.165, 1.54) is 0 Å². The Labute approximate surface area is 146 Å². The Morgan fingerprint density at radius 2 is 2.04 bits per heavy atom. The molecule has 5 heteroatoms. The van der Waals surface area contributed by atoms with Crippen molar-refractivity contribution in [2.45, 2.75) is 44.6 Å². The van der Waals surface area contributed by atoms with Gasteiger partial charge in [-0.25, -0.2) is 0 Å². The Morgan fingerprint density at radius 1 is 1.17 bits per heavy atom. The summed E-state index contributed by atoms with van der Waals surface area (Å²) < 4.78 is 23.6. The van der Waals surface area contributed by atoms with E-state index in [1.807, 2.05) is 12.1 Å². The van der Waals surface area contributed by atoms with Gasteiger partial charge in [0.25, 0.3) is 0 Å². The van der Waals surface area contributed by atoms with E-state index < -0.39 is 0 Å². The molecular weight excluding hydrogens is 328 g/mol. The lowest BCUT2D eigenvalue weighted by atomic mass is 10.1. The molecule has 0 amide bonds. The van der Waals surface area contributed by atoms with Crippen molar-refractivity contribution < 1.29 is 18.9 Å². The molecule has 128 valence electrons. The minimum atomic E-state index is -0.306. The van der Waals surface area contributed by atoms with Crippen molar-refractivity contribution in [3.8, 4) is 0 Å². The van der Waals surface area contributed by atoms with Crippen LogP contribution in [-0.4, -0.2) is 37.8 Å². The van der Waals surface area contributed by atoms with Gasteiger partial charge in [-0.3, -0.25) is 0 Å². The van der Waals surface area contributed by atoms with Crippen molar-refractivity contribution in [2.24, 2.45) is 0 Å². The zero-order valence-corrected chi connectivity index (χ0v) is 14.4. The summed E-state index contributed by atoms with van der Waals surface area (Å²) in [5.41, 5.74) is 1.09. The van der Waals surface area contributed by atoms with Crippen LogP contribution in [0.2, 0.25) is 5.02 Å². The molecule has 2 aromatic rings. The Bertz CT molecular complexity index is 720. The highest BCUT2D eigenvalue weighted by Crippen LogP contribution is 2.32.